The molecule has 0 radical (unpaired) electrons. The van der Waals surface area contributed by atoms with Gasteiger partial charge >= 0.3 is 0 Å². The molecule has 0 saturated heterocycles. The minimum Gasteiger partial charge on any atom is -0.325 e. The maximum absolute atomic E-state index is 12.7. The van der Waals surface area contributed by atoms with Crippen molar-refractivity contribution in [2.75, 3.05) is 5.32 Å². The number of carbonyl (C=O) groups is 1. The zero-order valence-electron chi connectivity index (χ0n) is 12.0. The van der Waals surface area contributed by atoms with Crippen molar-refractivity contribution in [3.63, 3.8) is 0 Å². The van der Waals surface area contributed by atoms with Gasteiger partial charge in [-0.1, -0.05) is 12.1 Å². The minimum absolute atomic E-state index is 0.0339. The van der Waals surface area contributed by atoms with Crippen LogP contribution < -0.4 is 5.32 Å². The SMILES string of the molecule is O=C(Nc1cccc2cnccc12)C1CCCc2[nH]ncc21. The molecule has 0 fully saturated rings. The van der Waals surface area contributed by atoms with Crippen molar-refractivity contribution in [2.45, 2.75) is 25.2 Å². The average molecular weight is 292 g/mol. The number of anilines is 1. The topological polar surface area (TPSA) is 70.7 Å². The molecule has 1 atom stereocenters. The summed E-state index contributed by atoms with van der Waals surface area (Å²) in [6.07, 6.45) is 8.18. The third-order valence-electron chi connectivity index (χ3n) is 4.30. The van der Waals surface area contributed by atoms with E-state index in [4.69, 9.17) is 0 Å². The first-order chi connectivity index (χ1) is 10.8. The summed E-state index contributed by atoms with van der Waals surface area (Å²) in [7, 11) is 0. The Hall–Kier alpha value is -2.69. The molecule has 1 aliphatic carbocycles. The average Bonchev–Trinajstić information content (AvgIpc) is 3.03. The molecule has 0 bridgehead atoms. The number of H-pyrrole nitrogens is 1. The third kappa shape index (κ3) is 2.15. The number of benzene rings is 1. The highest BCUT2D eigenvalue weighted by molar-refractivity contribution is 6.04. The van der Waals surface area contributed by atoms with Gasteiger partial charge in [0.15, 0.2) is 0 Å². The van der Waals surface area contributed by atoms with E-state index >= 15 is 0 Å². The summed E-state index contributed by atoms with van der Waals surface area (Å²) in [6, 6.07) is 7.78. The van der Waals surface area contributed by atoms with Gasteiger partial charge in [-0.25, -0.2) is 0 Å². The van der Waals surface area contributed by atoms with Crippen molar-refractivity contribution in [3.8, 4) is 0 Å². The van der Waals surface area contributed by atoms with Crippen LogP contribution in [0.5, 0.6) is 0 Å². The Kier molecular flexibility index (Phi) is 3.11. The molecule has 2 N–H and O–H groups in total. The van der Waals surface area contributed by atoms with Gasteiger partial charge in [0.2, 0.25) is 5.91 Å². The lowest BCUT2D eigenvalue weighted by atomic mass is 9.86. The number of amides is 1. The smallest absolute Gasteiger partial charge is 0.232 e. The maximum atomic E-state index is 12.7. The van der Waals surface area contributed by atoms with Gasteiger partial charge in [-0.15, -0.1) is 0 Å². The maximum Gasteiger partial charge on any atom is 0.232 e. The van der Waals surface area contributed by atoms with Crippen LogP contribution in [0.1, 0.15) is 30.0 Å². The van der Waals surface area contributed by atoms with Gasteiger partial charge in [0, 0.05) is 40.1 Å². The molecule has 2 aromatic heterocycles. The molecule has 1 aliphatic rings. The summed E-state index contributed by atoms with van der Waals surface area (Å²) in [6.45, 7) is 0. The zero-order chi connectivity index (χ0) is 14.9. The van der Waals surface area contributed by atoms with Crippen molar-refractivity contribution in [2.24, 2.45) is 0 Å². The fourth-order valence-corrected chi connectivity index (χ4v) is 3.18. The second-order valence-corrected chi connectivity index (χ2v) is 5.64. The first kappa shape index (κ1) is 13.0. The minimum atomic E-state index is -0.125. The number of pyridine rings is 1. The molecule has 110 valence electrons. The number of nitrogens with one attached hydrogen (secondary N) is 2. The van der Waals surface area contributed by atoms with Crippen LogP contribution in [0.25, 0.3) is 10.8 Å². The van der Waals surface area contributed by atoms with Crippen LogP contribution in [0.3, 0.4) is 0 Å². The molecule has 4 rings (SSSR count). The number of aromatic amines is 1. The van der Waals surface area contributed by atoms with Crippen molar-refractivity contribution in [1.82, 2.24) is 15.2 Å². The van der Waals surface area contributed by atoms with Crippen LogP contribution in [0.15, 0.2) is 42.9 Å². The first-order valence-corrected chi connectivity index (χ1v) is 7.48. The quantitative estimate of drug-likeness (QED) is 0.762. The van der Waals surface area contributed by atoms with E-state index in [1.165, 1.54) is 0 Å². The predicted molar refractivity (Wildman–Crippen MR) is 84.6 cm³/mol. The largest absolute Gasteiger partial charge is 0.325 e. The molecular weight excluding hydrogens is 276 g/mol. The Balaban J connectivity index is 1.65. The van der Waals surface area contributed by atoms with Gasteiger partial charge in [0.25, 0.3) is 0 Å². The number of aromatic nitrogens is 3. The lowest BCUT2D eigenvalue weighted by molar-refractivity contribution is -0.117. The fourth-order valence-electron chi connectivity index (χ4n) is 3.18. The summed E-state index contributed by atoms with van der Waals surface area (Å²) in [5, 5.41) is 12.2. The highest BCUT2D eigenvalue weighted by Gasteiger charge is 2.28. The molecule has 22 heavy (non-hydrogen) atoms. The standard InChI is InChI=1S/C17H16N4O/c22-17(13-4-2-6-16-14(13)10-19-21-16)20-15-5-1-3-11-9-18-8-7-12(11)15/h1,3,5,7-10,13H,2,4,6H2,(H,19,21)(H,20,22). The molecule has 1 aromatic carbocycles. The van der Waals surface area contributed by atoms with Crippen LogP contribution in [-0.4, -0.2) is 21.1 Å². The summed E-state index contributed by atoms with van der Waals surface area (Å²) >= 11 is 0. The molecule has 0 saturated carbocycles. The van der Waals surface area contributed by atoms with E-state index in [2.05, 4.69) is 20.5 Å². The molecule has 5 nitrogen and oxygen atoms in total. The van der Waals surface area contributed by atoms with Gasteiger partial charge in [0.1, 0.15) is 0 Å². The Bertz CT molecular complexity index is 834. The van der Waals surface area contributed by atoms with Crippen LogP contribution in [-0.2, 0) is 11.2 Å². The van der Waals surface area contributed by atoms with Crippen LogP contribution in [0, 0.1) is 0 Å². The van der Waals surface area contributed by atoms with Crippen LogP contribution in [0.4, 0.5) is 5.69 Å². The van der Waals surface area contributed by atoms with Gasteiger partial charge in [-0.3, -0.25) is 14.9 Å². The summed E-state index contributed by atoms with van der Waals surface area (Å²) < 4.78 is 0. The highest BCUT2D eigenvalue weighted by atomic mass is 16.1. The van der Waals surface area contributed by atoms with Gasteiger partial charge in [-0.2, -0.15) is 5.10 Å². The Morgan fingerprint density at radius 3 is 3.18 bits per heavy atom. The van der Waals surface area contributed by atoms with E-state index in [1.54, 1.807) is 18.6 Å². The van der Waals surface area contributed by atoms with E-state index in [9.17, 15) is 4.79 Å². The van der Waals surface area contributed by atoms with E-state index in [0.29, 0.717) is 0 Å². The summed E-state index contributed by atoms with van der Waals surface area (Å²) in [5.41, 5.74) is 2.96. The van der Waals surface area contributed by atoms with Crippen LogP contribution in [0.2, 0.25) is 0 Å². The molecule has 3 aromatic rings. The molecule has 2 heterocycles. The number of rotatable bonds is 2. The van der Waals surface area contributed by atoms with E-state index in [1.807, 2.05) is 24.3 Å². The van der Waals surface area contributed by atoms with Gasteiger partial charge in [0.05, 0.1) is 12.1 Å². The highest BCUT2D eigenvalue weighted by Crippen LogP contribution is 2.32. The van der Waals surface area contributed by atoms with Crippen molar-refractivity contribution in [1.29, 1.82) is 0 Å². The summed E-state index contributed by atoms with van der Waals surface area (Å²) in [5.74, 6) is -0.0914. The van der Waals surface area contributed by atoms with Crippen molar-refractivity contribution in [3.05, 3.63) is 54.1 Å². The fraction of sp³-hybridized carbons (Fsp3) is 0.235. The first-order valence-electron chi connectivity index (χ1n) is 7.48. The summed E-state index contributed by atoms with van der Waals surface area (Å²) in [4.78, 5) is 16.8. The second kappa shape index (κ2) is 5.26. The van der Waals surface area contributed by atoms with Gasteiger partial charge < -0.3 is 5.32 Å². The number of hydrogen-bond acceptors (Lipinski definition) is 3. The molecule has 0 spiro atoms. The lowest BCUT2D eigenvalue weighted by Gasteiger charge is -2.21. The van der Waals surface area contributed by atoms with E-state index in [0.717, 1.165) is 47.0 Å². The Labute approximate surface area is 127 Å². The zero-order valence-corrected chi connectivity index (χ0v) is 12.0. The molecule has 1 amide bonds. The van der Waals surface area contributed by atoms with E-state index < -0.39 is 0 Å². The van der Waals surface area contributed by atoms with Crippen molar-refractivity contribution < 1.29 is 4.79 Å². The Morgan fingerprint density at radius 2 is 2.23 bits per heavy atom. The van der Waals surface area contributed by atoms with Crippen molar-refractivity contribution >= 4 is 22.4 Å². The van der Waals surface area contributed by atoms with E-state index in [-0.39, 0.29) is 11.8 Å². The normalized spacial score (nSPS) is 17.2. The monoisotopic (exact) mass is 292 g/mol. The van der Waals surface area contributed by atoms with Crippen LogP contribution >= 0.6 is 0 Å². The predicted octanol–water partition coefficient (Wildman–Crippen LogP) is 3.02. The number of hydrogen-bond donors (Lipinski definition) is 2. The molecular formula is C17H16N4O. The third-order valence-corrected chi connectivity index (χ3v) is 4.30. The lowest BCUT2D eigenvalue weighted by Crippen LogP contribution is -2.24. The Morgan fingerprint density at radius 1 is 1.27 bits per heavy atom. The second-order valence-electron chi connectivity index (χ2n) is 5.64. The number of aryl methyl sites for hydroxylation is 1. The van der Waals surface area contributed by atoms with Gasteiger partial charge in [-0.05, 0) is 31.4 Å². The molecule has 0 aliphatic heterocycles. The number of carbonyl (C=O) groups excluding carboxylic acids is 1. The molecule has 5 heteroatoms. The number of fused-ring (bicyclic) bond motifs is 2. The molecule has 1 unspecified atom stereocenters. The number of nitrogens with zero attached hydrogens (tertiary/aromatic N) is 2.